The molecule has 1 aromatic heterocycles. The summed E-state index contributed by atoms with van der Waals surface area (Å²) >= 11 is 5.94. The molecule has 0 aliphatic rings. The lowest BCUT2D eigenvalue weighted by molar-refractivity contribution is -0.119. The smallest absolute Gasteiger partial charge is 0.240 e. The molecule has 1 atom stereocenters. The van der Waals surface area contributed by atoms with Crippen molar-refractivity contribution in [2.24, 2.45) is 11.7 Å². The first kappa shape index (κ1) is 15.1. The zero-order valence-electron chi connectivity index (χ0n) is 11.7. The van der Waals surface area contributed by atoms with Gasteiger partial charge in [0.1, 0.15) is 11.9 Å². The van der Waals surface area contributed by atoms with Gasteiger partial charge < -0.3 is 11.1 Å². The third-order valence-electron chi connectivity index (χ3n) is 3.17. The molecular weight excluding hydrogens is 288 g/mol. The number of nitrogens with one attached hydrogen (secondary N) is 1. The summed E-state index contributed by atoms with van der Waals surface area (Å²) in [5, 5.41) is 13.5. The lowest BCUT2D eigenvalue weighted by atomic mass is 10.0. The molecule has 1 aromatic carbocycles. The third-order valence-corrected chi connectivity index (χ3v) is 3.40. The maximum Gasteiger partial charge on any atom is 0.240 e. The van der Waals surface area contributed by atoms with Gasteiger partial charge in [0, 0.05) is 10.4 Å². The summed E-state index contributed by atoms with van der Waals surface area (Å²) < 4.78 is 0. The molecule has 0 fully saturated rings. The molecule has 1 heterocycles. The number of benzene rings is 1. The van der Waals surface area contributed by atoms with E-state index >= 15 is 0 Å². The maximum absolute atomic E-state index is 11.5. The van der Waals surface area contributed by atoms with Gasteiger partial charge in [-0.05, 0) is 30.2 Å². The molecule has 2 aromatic rings. The van der Waals surface area contributed by atoms with Gasteiger partial charge in [-0.2, -0.15) is 5.26 Å². The summed E-state index contributed by atoms with van der Waals surface area (Å²) in [6, 6.07) is 8.29. The van der Waals surface area contributed by atoms with Crippen LogP contribution in [-0.2, 0) is 4.79 Å². The summed E-state index contributed by atoms with van der Waals surface area (Å²) in [7, 11) is 0. The molecule has 5 nitrogen and oxygen atoms in total. The van der Waals surface area contributed by atoms with E-state index in [-0.39, 0.29) is 5.92 Å². The normalized spacial score (nSPS) is 12.1. The largest absolute Gasteiger partial charge is 0.368 e. The number of fused-ring (bicyclic) bond motifs is 1. The van der Waals surface area contributed by atoms with E-state index in [1.54, 1.807) is 24.3 Å². The van der Waals surface area contributed by atoms with E-state index in [1.807, 2.05) is 13.8 Å². The molecule has 0 aliphatic carbocycles. The fourth-order valence-electron chi connectivity index (χ4n) is 2.09. The van der Waals surface area contributed by atoms with Crippen molar-refractivity contribution in [3.63, 3.8) is 0 Å². The van der Waals surface area contributed by atoms with Gasteiger partial charge in [0.05, 0.1) is 17.1 Å². The van der Waals surface area contributed by atoms with Gasteiger partial charge in [0.15, 0.2) is 0 Å². The van der Waals surface area contributed by atoms with Crippen LogP contribution in [0.4, 0.5) is 5.82 Å². The maximum atomic E-state index is 11.5. The van der Waals surface area contributed by atoms with Gasteiger partial charge in [0.25, 0.3) is 0 Å². The van der Waals surface area contributed by atoms with Crippen LogP contribution in [0.1, 0.15) is 19.4 Å². The van der Waals surface area contributed by atoms with E-state index in [9.17, 15) is 10.1 Å². The minimum Gasteiger partial charge on any atom is -0.368 e. The number of carbonyl (C=O) groups excluding carboxylic acids is 1. The van der Waals surface area contributed by atoms with E-state index in [1.165, 1.54) is 0 Å². The fraction of sp³-hybridized carbons (Fsp3) is 0.267. The lowest BCUT2D eigenvalue weighted by Crippen LogP contribution is -2.39. The van der Waals surface area contributed by atoms with E-state index in [0.717, 1.165) is 0 Å². The highest BCUT2D eigenvalue weighted by atomic mass is 35.5. The number of nitrogens with zero attached hydrogens (tertiary/aromatic N) is 2. The monoisotopic (exact) mass is 302 g/mol. The molecule has 21 heavy (non-hydrogen) atoms. The molecule has 2 rings (SSSR count). The number of anilines is 1. The average Bonchev–Trinajstić information content (AvgIpc) is 2.43. The van der Waals surface area contributed by atoms with Gasteiger partial charge in [0.2, 0.25) is 5.91 Å². The Kier molecular flexibility index (Phi) is 4.29. The predicted octanol–water partition coefficient (Wildman–Crippen LogP) is 2.68. The Morgan fingerprint density at radius 2 is 2.14 bits per heavy atom. The minimum absolute atomic E-state index is 0.00995. The van der Waals surface area contributed by atoms with Gasteiger partial charge in [-0.25, -0.2) is 4.98 Å². The van der Waals surface area contributed by atoms with Crippen molar-refractivity contribution in [3.05, 3.63) is 34.9 Å². The summed E-state index contributed by atoms with van der Waals surface area (Å²) in [6.45, 7) is 3.77. The van der Waals surface area contributed by atoms with Crippen molar-refractivity contribution in [2.45, 2.75) is 19.9 Å². The number of carbonyl (C=O) groups is 1. The molecule has 3 N–H and O–H groups in total. The topological polar surface area (TPSA) is 91.8 Å². The number of hydrogen-bond acceptors (Lipinski definition) is 4. The molecular formula is C15H15ClN4O. The van der Waals surface area contributed by atoms with Gasteiger partial charge in [-0.15, -0.1) is 0 Å². The van der Waals surface area contributed by atoms with Crippen LogP contribution in [-0.4, -0.2) is 16.9 Å². The standard InChI is InChI=1S/C15H15ClN4O/c1-8(2)14(15(18)21)20-13-5-9(7-17)11-6-10(16)3-4-12(11)19-13/h3-6,8,14H,1-2H3,(H2,18,21)(H,19,20). The van der Waals surface area contributed by atoms with Crippen molar-refractivity contribution < 1.29 is 4.79 Å². The van der Waals surface area contributed by atoms with E-state index in [0.29, 0.717) is 27.3 Å². The van der Waals surface area contributed by atoms with Gasteiger partial charge in [-0.1, -0.05) is 25.4 Å². The van der Waals surface area contributed by atoms with Crippen molar-refractivity contribution in [1.29, 1.82) is 5.26 Å². The quantitative estimate of drug-likeness (QED) is 0.908. The van der Waals surface area contributed by atoms with Crippen LogP contribution in [0.5, 0.6) is 0 Å². The van der Waals surface area contributed by atoms with Crippen LogP contribution < -0.4 is 11.1 Å². The number of amides is 1. The molecule has 0 spiro atoms. The summed E-state index contributed by atoms with van der Waals surface area (Å²) in [4.78, 5) is 15.9. The number of pyridine rings is 1. The second kappa shape index (κ2) is 5.98. The number of primary amides is 1. The first-order valence-electron chi connectivity index (χ1n) is 6.48. The van der Waals surface area contributed by atoms with Crippen molar-refractivity contribution >= 4 is 34.2 Å². The van der Waals surface area contributed by atoms with E-state index in [4.69, 9.17) is 17.3 Å². The minimum atomic E-state index is -0.547. The molecule has 108 valence electrons. The Labute approximate surface area is 127 Å². The van der Waals surface area contributed by atoms with Crippen molar-refractivity contribution in [2.75, 3.05) is 5.32 Å². The first-order valence-corrected chi connectivity index (χ1v) is 6.86. The SMILES string of the molecule is CC(C)C(Nc1cc(C#N)c2cc(Cl)ccc2n1)C(N)=O. The number of hydrogen-bond donors (Lipinski definition) is 2. The number of aromatic nitrogens is 1. The Morgan fingerprint density at radius 1 is 1.43 bits per heavy atom. The number of halogens is 1. The summed E-state index contributed by atoms with van der Waals surface area (Å²) in [6.07, 6.45) is 0. The fourth-order valence-corrected chi connectivity index (χ4v) is 2.26. The van der Waals surface area contributed by atoms with Crippen molar-refractivity contribution in [3.8, 4) is 6.07 Å². The molecule has 0 saturated carbocycles. The van der Waals surface area contributed by atoms with E-state index < -0.39 is 11.9 Å². The van der Waals surface area contributed by atoms with Gasteiger partial charge in [-0.3, -0.25) is 4.79 Å². The van der Waals surface area contributed by atoms with Crippen LogP contribution in [0.25, 0.3) is 10.9 Å². The molecule has 0 aliphatic heterocycles. The van der Waals surface area contributed by atoms with Crippen LogP contribution in [0.2, 0.25) is 5.02 Å². The molecule has 1 unspecified atom stereocenters. The first-order chi connectivity index (χ1) is 9.92. The highest BCUT2D eigenvalue weighted by Gasteiger charge is 2.20. The van der Waals surface area contributed by atoms with Gasteiger partial charge >= 0.3 is 0 Å². The number of nitrogens with two attached hydrogens (primary N) is 1. The molecule has 0 bridgehead atoms. The Bertz CT molecular complexity index is 736. The summed E-state index contributed by atoms with van der Waals surface area (Å²) in [5.41, 5.74) is 6.45. The lowest BCUT2D eigenvalue weighted by Gasteiger charge is -2.20. The Hall–Kier alpha value is -2.32. The zero-order chi connectivity index (χ0) is 15.6. The van der Waals surface area contributed by atoms with Crippen LogP contribution in [0, 0.1) is 17.2 Å². The molecule has 6 heteroatoms. The Morgan fingerprint density at radius 3 is 2.71 bits per heavy atom. The second-order valence-corrected chi connectivity index (χ2v) is 5.53. The third kappa shape index (κ3) is 3.23. The highest BCUT2D eigenvalue weighted by Crippen LogP contribution is 2.24. The molecule has 1 amide bonds. The summed E-state index contributed by atoms with van der Waals surface area (Å²) in [5.74, 6) is -0.00358. The molecule has 0 saturated heterocycles. The zero-order valence-corrected chi connectivity index (χ0v) is 12.5. The second-order valence-electron chi connectivity index (χ2n) is 5.10. The number of rotatable bonds is 4. The highest BCUT2D eigenvalue weighted by molar-refractivity contribution is 6.31. The Balaban J connectivity index is 2.49. The van der Waals surface area contributed by atoms with E-state index in [2.05, 4.69) is 16.4 Å². The van der Waals surface area contributed by atoms with Crippen LogP contribution >= 0.6 is 11.6 Å². The van der Waals surface area contributed by atoms with Crippen LogP contribution in [0.3, 0.4) is 0 Å². The van der Waals surface area contributed by atoms with Crippen LogP contribution in [0.15, 0.2) is 24.3 Å². The average molecular weight is 303 g/mol. The number of nitriles is 1. The predicted molar refractivity (Wildman–Crippen MR) is 82.9 cm³/mol. The molecule has 0 radical (unpaired) electrons. The van der Waals surface area contributed by atoms with Crippen molar-refractivity contribution in [1.82, 2.24) is 4.98 Å².